The third-order valence-electron chi connectivity index (χ3n) is 4.84. The highest BCUT2D eigenvalue weighted by atomic mass is 32.1. The first-order chi connectivity index (χ1) is 12.7. The summed E-state index contributed by atoms with van der Waals surface area (Å²) in [4.78, 5) is 26.6. The second kappa shape index (κ2) is 6.92. The van der Waals surface area contributed by atoms with E-state index in [0.717, 1.165) is 16.6 Å². The Labute approximate surface area is 155 Å². The first kappa shape index (κ1) is 16.8. The smallest absolute Gasteiger partial charge is 0.227 e. The van der Waals surface area contributed by atoms with E-state index >= 15 is 0 Å². The van der Waals surface area contributed by atoms with E-state index in [1.165, 1.54) is 4.70 Å². The van der Waals surface area contributed by atoms with E-state index in [4.69, 9.17) is 0 Å². The van der Waals surface area contributed by atoms with Crippen LogP contribution in [0.3, 0.4) is 0 Å². The molecule has 1 unspecified atom stereocenters. The Morgan fingerprint density at radius 1 is 1.31 bits per heavy atom. The van der Waals surface area contributed by atoms with Crippen LogP contribution in [0.1, 0.15) is 23.7 Å². The van der Waals surface area contributed by atoms with E-state index < -0.39 is 0 Å². The molecule has 1 atom stereocenters. The zero-order chi connectivity index (χ0) is 18.1. The van der Waals surface area contributed by atoms with Gasteiger partial charge in [0, 0.05) is 24.5 Å². The molecule has 2 aromatic heterocycles. The van der Waals surface area contributed by atoms with E-state index in [1.807, 2.05) is 27.8 Å². The Hall–Kier alpha value is -2.67. The maximum Gasteiger partial charge on any atom is 0.227 e. The molecule has 0 saturated carbocycles. The van der Waals surface area contributed by atoms with Gasteiger partial charge in [0.05, 0.1) is 31.1 Å². The molecule has 3 heterocycles. The Bertz CT molecular complexity index is 961. The third-order valence-corrected chi connectivity index (χ3v) is 5.85. The number of benzene rings is 1. The quantitative estimate of drug-likeness (QED) is 0.769. The van der Waals surface area contributed by atoms with Crippen molar-refractivity contribution in [3.63, 3.8) is 0 Å². The average Bonchev–Trinajstić information content (AvgIpc) is 3.29. The molecule has 0 radical (unpaired) electrons. The normalized spacial score (nSPS) is 16.5. The summed E-state index contributed by atoms with van der Waals surface area (Å²) in [5.41, 5.74) is 2.03. The van der Waals surface area contributed by atoms with Gasteiger partial charge in [0.15, 0.2) is 0 Å². The van der Waals surface area contributed by atoms with Crippen LogP contribution in [-0.2, 0) is 22.6 Å². The topological polar surface area (TPSA) is 67.2 Å². The first-order valence-electron chi connectivity index (χ1n) is 8.61. The lowest BCUT2D eigenvalue weighted by molar-refractivity contribution is -0.133. The summed E-state index contributed by atoms with van der Waals surface area (Å²) in [6, 6.07) is 9.94. The van der Waals surface area contributed by atoms with Gasteiger partial charge >= 0.3 is 0 Å². The summed E-state index contributed by atoms with van der Waals surface area (Å²) in [7, 11) is 1.62. The minimum atomic E-state index is -0.128. The predicted molar refractivity (Wildman–Crippen MR) is 101 cm³/mol. The monoisotopic (exact) mass is 368 g/mol. The predicted octanol–water partition coefficient (Wildman–Crippen LogP) is 2.36. The molecule has 1 N–H and O–H groups in total. The van der Waals surface area contributed by atoms with Crippen molar-refractivity contribution in [2.45, 2.75) is 25.4 Å². The number of rotatable bonds is 4. The van der Waals surface area contributed by atoms with E-state index in [1.54, 1.807) is 24.6 Å². The SMILES string of the molecule is CNC(=O)CC1CN(C(=O)Cc2csc3ccccc23)Cc2ccnn21. The fourth-order valence-corrected chi connectivity index (χ4v) is 4.45. The molecule has 1 aliphatic heterocycles. The van der Waals surface area contributed by atoms with Gasteiger partial charge in [-0.2, -0.15) is 5.10 Å². The molecule has 0 saturated heterocycles. The number of hydrogen-bond donors (Lipinski definition) is 1. The van der Waals surface area contributed by atoms with Crippen LogP contribution in [0.15, 0.2) is 41.9 Å². The fourth-order valence-electron chi connectivity index (χ4n) is 3.49. The van der Waals surface area contributed by atoms with E-state index in [2.05, 4.69) is 27.9 Å². The Balaban J connectivity index is 1.54. The molecule has 0 aliphatic carbocycles. The second-order valence-corrected chi connectivity index (χ2v) is 7.42. The highest BCUT2D eigenvalue weighted by Gasteiger charge is 2.30. The van der Waals surface area contributed by atoms with Crippen molar-refractivity contribution in [1.29, 1.82) is 0 Å². The van der Waals surface area contributed by atoms with Crippen molar-refractivity contribution in [1.82, 2.24) is 20.0 Å². The summed E-state index contributed by atoms with van der Waals surface area (Å²) in [6.45, 7) is 1.04. The molecule has 7 heteroatoms. The van der Waals surface area contributed by atoms with Crippen LogP contribution in [-0.4, -0.2) is 40.1 Å². The number of fused-ring (bicyclic) bond motifs is 2. The standard InChI is InChI=1S/C19H20N4O2S/c1-20-18(24)9-15-11-22(10-14-6-7-21-23(14)15)19(25)8-13-12-26-17-5-3-2-4-16(13)17/h2-7,12,15H,8-11H2,1H3,(H,20,24). The summed E-state index contributed by atoms with van der Waals surface area (Å²) in [5, 5.41) is 10.2. The Morgan fingerprint density at radius 3 is 3.00 bits per heavy atom. The Kier molecular flexibility index (Phi) is 4.46. The second-order valence-electron chi connectivity index (χ2n) is 6.51. The third kappa shape index (κ3) is 3.10. The molecular weight excluding hydrogens is 348 g/mol. The van der Waals surface area contributed by atoms with Crippen molar-refractivity contribution in [3.8, 4) is 0 Å². The summed E-state index contributed by atoms with van der Waals surface area (Å²) < 4.78 is 3.07. The van der Waals surface area contributed by atoms with Crippen molar-refractivity contribution < 1.29 is 9.59 Å². The highest BCUT2D eigenvalue weighted by Crippen LogP contribution is 2.28. The molecule has 26 heavy (non-hydrogen) atoms. The molecular formula is C19H20N4O2S. The van der Waals surface area contributed by atoms with Gasteiger partial charge < -0.3 is 10.2 Å². The molecule has 6 nitrogen and oxygen atoms in total. The van der Waals surface area contributed by atoms with Crippen LogP contribution >= 0.6 is 11.3 Å². The summed E-state index contributed by atoms with van der Waals surface area (Å²) in [6.07, 6.45) is 2.42. The van der Waals surface area contributed by atoms with Gasteiger partial charge in [-0.1, -0.05) is 18.2 Å². The molecule has 2 amide bonds. The van der Waals surface area contributed by atoms with Crippen LogP contribution in [0.4, 0.5) is 0 Å². The number of aromatic nitrogens is 2. The van der Waals surface area contributed by atoms with E-state index in [-0.39, 0.29) is 17.9 Å². The highest BCUT2D eigenvalue weighted by molar-refractivity contribution is 7.17. The van der Waals surface area contributed by atoms with E-state index in [0.29, 0.717) is 25.9 Å². The number of carbonyl (C=O) groups excluding carboxylic acids is 2. The lowest BCUT2D eigenvalue weighted by Crippen LogP contribution is -2.43. The van der Waals surface area contributed by atoms with E-state index in [9.17, 15) is 9.59 Å². The molecule has 4 rings (SSSR count). The minimum absolute atomic E-state index is 0.0467. The van der Waals surface area contributed by atoms with Crippen molar-refractivity contribution >= 4 is 33.2 Å². The van der Waals surface area contributed by atoms with Crippen LogP contribution in [0.25, 0.3) is 10.1 Å². The zero-order valence-electron chi connectivity index (χ0n) is 14.5. The van der Waals surface area contributed by atoms with Gasteiger partial charge in [-0.15, -0.1) is 11.3 Å². The number of hydrogen-bond acceptors (Lipinski definition) is 4. The Morgan fingerprint density at radius 2 is 2.15 bits per heavy atom. The van der Waals surface area contributed by atoms with Gasteiger partial charge in [0.25, 0.3) is 0 Å². The lowest BCUT2D eigenvalue weighted by Gasteiger charge is -2.33. The van der Waals surface area contributed by atoms with Gasteiger partial charge in [0.2, 0.25) is 11.8 Å². The maximum absolute atomic E-state index is 12.9. The summed E-state index contributed by atoms with van der Waals surface area (Å²) in [5.74, 6) is 0.0393. The fraction of sp³-hybridized carbons (Fsp3) is 0.316. The van der Waals surface area contributed by atoms with Crippen LogP contribution < -0.4 is 5.32 Å². The average molecular weight is 368 g/mol. The molecule has 3 aromatic rings. The molecule has 1 aromatic carbocycles. The molecule has 0 bridgehead atoms. The zero-order valence-corrected chi connectivity index (χ0v) is 15.3. The molecule has 0 fully saturated rings. The van der Waals surface area contributed by atoms with Gasteiger partial charge in [0.1, 0.15) is 0 Å². The van der Waals surface area contributed by atoms with Crippen molar-refractivity contribution in [3.05, 3.63) is 53.2 Å². The number of amides is 2. The van der Waals surface area contributed by atoms with Crippen LogP contribution in [0.5, 0.6) is 0 Å². The van der Waals surface area contributed by atoms with Gasteiger partial charge in [-0.05, 0) is 28.5 Å². The first-order valence-corrected chi connectivity index (χ1v) is 9.49. The maximum atomic E-state index is 12.9. The number of thiophene rings is 1. The molecule has 134 valence electrons. The van der Waals surface area contributed by atoms with Crippen LogP contribution in [0, 0.1) is 0 Å². The molecule has 0 spiro atoms. The van der Waals surface area contributed by atoms with Crippen LogP contribution in [0.2, 0.25) is 0 Å². The molecule has 1 aliphatic rings. The lowest BCUT2D eigenvalue weighted by atomic mass is 10.1. The minimum Gasteiger partial charge on any atom is -0.359 e. The number of carbonyl (C=O) groups is 2. The van der Waals surface area contributed by atoms with Gasteiger partial charge in [-0.3, -0.25) is 14.3 Å². The number of nitrogens with one attached hydrogen (secondary N) is 1. The van der Waals surface area contributed by atoms with Crippen molar-refractivity contribution in [2.24, 2.45) is 0 Å². The summed E-state index contributed by atoms with van der Waals surface area (Å²) >= 11 is 1.67. The number of nitrogens with zero attached hydrogens (tertiary/aromatic N) is 3. The van der Waals surface area contributed by atoms with Crippen molar-refractivity contribution in [2.75, 3.05) is 13.6 Å². The van der Waals surface area contributed by atoms with Gasteiger partial charge in [-0.25, -0.2) is 0 Å². The largest absolute Gasteiger partial charge is 0.359 e.